The van der Waals surface area contributed by atoms with Crippen molar-refractivity contribution in [3.63, 3.8) is 0 Å². The third-order valence-electron chi connectivity index (χ3n) is 3.07. The molecule has 1 aliphatic carbocycles. The summed E-state index contributed by atoms with van der Waals surface area (Å²) in [6.45, 7) is 0.129. The molecule has 1 aromatic rings. The largest absolute Gasteiger partial charge is 0.396 e. The molecule has 0 aliphatic heterocycles. The standard InChI is InChI=1S/C11H18N4O2/c12-9-7-15(8-3-1-2-4-8)14-10(9)11(17)13-5-6-16/h7-8,16H,1-6,12H2,(H,13,17). The van der Waals surface area contributed by atoms with E-state index in [1.54, 1.807) is 10.9 Å². The van der Waals surface area contributed by atoms with Gasteiger partial charge in [-0.1, -0.05) is 12.8 Å². The molecule has 17 heavy (non-hydrogen) atoms. The fourth-order valence-corrected chi connectivity index (χ4v) is 2.19. The maximum atomic E-state index is 11.7. The molecule has 6 heteroatoms. The fraction of sp³-hybridized carbons (Fsp3) is 0.636. The zero-order valence-corrected chi connectivity index (χ0v) is 9.72. The number of carbonyl (C=O) groups excluding carboxylic acids is 1. The van der Waals surface area contributed by atoms with Crippen LogP contribution in [0.3, 0.4) is 0 Å². The first-order valence-corrected chi connectivity index (χ1v) is 5.96. The number of aromatic nitrogens is 2. The van der Waals surface area contributed by atoms with Gasteiger partial charge >= 0.3 is 0 Å². The third-order valence-corrected chi connectivity index (χ3v) is 3.07. The predicted molar refractivity (Wildman–Crippen MR) is 63.6 cm³/mol. The first-order valence-electron chi connectivity index (χ1n) is 5.96. The molecule has 1 aromatic heterocycles. The third kappa shape index (κ3) is 2.58. The van der Waals surface area contributed by atoms with E-state index in [1.165, 1.54) is 12.8 Å². The summed E-state index contributed by atoms with van der Waals surface area (Å²) in [6.07, 6.45) is 6.33. The lowest BCUT2D eigenvalue weighted by Gasteiger charge is -2.08. The summed E-state index contributed by atoms with van der Waals surface area (Å²) >= 11 is 0. The average Bonchev–Trinajstić information content (AvgIpc) is 2.94. The number of amides is 1. The van der Waals surface area contributed by atoms with E-state index in [0.717, 1.165) is 12.8 Å². The molecule has 94 valence electrons. The van der Waals surface area contributed by atoms with Gasteiger partial charge in [-0.2, -0.15) is 5.10 Å². The van der Waals surface area contributed by atoms with Gasteiger partial charge in [-0.25, -0.2) is 0 Å². The highest BCUT2D eigenvalue weighted by atomic mass is 16.3. The van der Waals surface area contributed by atoms with Crippen LogP contribution in [0, 0.1) is 0 Å². The van der Waals surface area contributed by atoms with E-state index in [-0.39, 0.29) is 24.8 Å². The van der Waals surface area contributed by atoms with E-state index in [9.17, 15) is 4.79 Å². The topological polar surface area (TPSA) is 93.2 Å². The summed E-state index contributed by atoms with van der Waals surface area (Å²) in [7, 11) is 0. The van der Waals surface area contributed by atoms with Crippen LogP contribution in [-0.2, 0) is 0 Å². The molecule has 1 aliphatic rings. The van der Waals surface area contributed by atoms with E-state index >= 15 is 0 Å². The summed E-state index contributed by atoms with van der Waals surface area (Å²) < 4.78 is 1.80. The quantitative estimate of drug-likeness (QED) is 0.703. The summed E-state index contributed by atoms with van der Waals surface area (Å²) in [5, 5.41) is 15.4. The van der Waals surface area contributed by atoms with Crippen molar-refractivity contribution in [1.82, 2.24) is 15.1 Å². The van der Waals surface area contributed by atoms with Gasteiger partial charge in [-0.3, -0.25) is 9.48 Å². The van der Waals surface area contributed by atoms with Crippen LogP contribution < -0.4 is 11.1 Å². The fourth-order valence-electron chi connectivity index (χ4n) is 2.19. The Bertz CT molecular complexity index is 396. The highest BCUT2D eigenvalue weighted by molar-refractivity contribution is 5.96. The molecule has 0 unspecified atom stereocenters. The van der Waals surface area contributed by atoms with Crippen LogP contribution in [0.15, 0.2) is 6.20 Å². The number of hydrogen-bond donors (Lipinski definition) is 3. The minimum absolute atomic E-state index is 0.0883. The van der Waals surface area contributed by atoms with Crippen LogP contribution in [0.2, 0.25) is 0 Å². The highest BCUT2D eigenvalue weighted by Gasteiger charge is 2.21. The molecule has 1 amide bonds. The minimum Gasteiger partial charge on any atom is -0.396 e. The number of aliphatic hydroxyl groups is 1. The molecule has 1 fully saturated rings. The summed E-state index contributed by atoms with van der Waals surface area (Å²) in [6, 6.07) is 0.372. The van der Waals surface area contributed by atoms with Crippen molar-refractivity contribution >= 4 is 11.6 Å². The molecule has 0 saturated heterocycles. The maximum absolute atomic E-state index is 11.7. The number of anilines is 1. The number of nitrogens with zero attached hydrogens (tertiary/aromatic N) is 2. The first-order chi connectivity index (χ1) is 8.22. The van der Waals surface area contributed by atoms with Crippen molar-refractivity contribution < 1.29 is 9.90 Å². The second-order valence-corrected chi connectivity index (χ2v) is 4.33. The predicted octanol–water partition coefficient (Wildman–Crippen LogP) is 0.302. The zero-order valence-electron chi connectivity index (χ0n) is 9.72. The van der Waals surface area contributed by atoms with Crippen molar-refractivity contribution in [3.8, 4) is 0 Å². The van der Waals surface area contributed by atoms with Crippen LogP contribution >= 0.6 is 0 Å². The summed E-state index contributed by atoms with van der Waals surface area (Å²) in [5.74, 6) is -0.326. The van der Waals surface area contributed by atoms with Gasteiger partial charge in [0.25, 0.3) is 5.91 Å². The summed E-state index contributed by atoms with van der Waals surface area (Å²) in [4.78, 5) is 11.7. The number of nitrogens with one attached hydrogen (secondary N) is 1. The Morgan fingerprint density at radius 2 is 2.29 bits per heavy atom. The molecular formula is C11H18N4O2. The van der Waals surface area contributed by atoms with E-state index in [0.29, 0.717) is 11.7 Å². The van der Waals surface area contributed by atoms with Crippen LogP contribution in [0.1, 0.15) is 42.2 Å². The van der Waals surface area contributed by atoms with Gasteiger partial charge in [0.15, 0.2) is 5.69 Å². The normalized spacial score (nSPS) is 16.3. The van der Waals surface area contributed by atoms with Gasteiger partial charge in [0.05, 0.1) is 18.3 Å². The molecule has 0 aromatic carbocycles. The van der Waals surface area contributed by atoms with Crippen LogP contribution in [0.5, 0.6) is 0 Å². The van der Waals surface area contributed by atoms with Gasteiger partial charge in [0.1, 0.15) is 0 Å². The number of nitrogen functional groups attached to an aromatic ring is 1. The molecule has 6 nitrogen and oxygen atoms in total. The Balaban J connectivity index is 2.09. The van der Waals surface area contributed by atoms with Gasteiger partial charge in [-0.05, 0) is 12.8 Å². The van der Waals surface area contributed by atoms with E-state index in [4.69, 9.17) is 10.8 Å². The Labute approximate surface area is 99.8 Å². The monoisotopic (exact) mass is 238 g/mol. The Morgan fingerprint density at radius 3 is 2.94 bits per heavy atom. The molecule has 1 heterocycles. The second-order valence-electron chi connectivity index (χ2n) is 4.33. The molecule has 0 radical (unpaired) electrons. The van der Waals surface area contributed by atoms with Crippen LogP contribution in [0.25, 0.3) is 0 Å². The van der Waals surface area contributed by atoms with Crippen molar-refractivity contribution in [2.24, 2.45) is 0 Å². The molecule has 1 saturated carbocycles. The zero-order chi connectivity index (χ0) is 12.3. The molecule has 0 bridgehead atoms. The lowest BCUT2D eigenvalue weighted by atomic mass is 10.3. The number of carbonyl (C=O) groups is 1. The molecule has 0 spiro atoms. The summed E-state index contributed by atoms with van der Waals surface area (Å²) in [5.41, 5.74) is 6.43. The number of nitrogens with two attached hydrogens (primary N) is 1. The van der Waals surface area contributed by atoms with E-state index in [2.05, 4.69) is 10.4 Å². The number of rotatable bonds is 4. The lowest BCUT2D eigenvalue weighted by Crippen LogP contribution is -2.27. The maximum Gasteiger partial charge on any atom is 0.274 e. The van der Waals surface area contributed by atoms with Gasteiger partial charge in [-0.15, -0.1) is 0 Å². The van der Waals surface area contributed by atoms with Gasteiger partial charge in [0.2, 0.25) is 0 Å². The van der Waals surface area contributed by atoms with Crippen molar-refractivity contribution in [2.45, 2.75) is 31.7 Å². The van der Waals surface area contributed by atoms with Gasteiger partial charge in [0, 0.05) is 12.7 Å². The second kappa shape index (κ2) is 5.18. The Hall–Kier alpha value is -1.56. The lowest BCUT2D eigenvalue weighted by molar-refractivity contribution is 0.0939. The highest BCUT2D eigenvalue weighted by Crippen LogP contribution is 2.29. The number of hydrogen-bond acceptors (Lipinski definition) is 4. The minimum atomic E-state index is -0.326. The molecule has 2 rings (SSSR count). The van der Waals surface area contributed by atoms with Crippen LogP contribution in [-0.4, -0.2) is 33.9 Å². The average molecular weight is 238 g/mol. The SMILES string of the molecule is Nc1cn(C2CCCC2)nc1C(=O)NCCO. The van der Waals surface area contributed by atoms with Crippen molar-refractivity contribution in [1.29, 1.82) is 0 Å². The van der Waals surface area contributed by atoms with Crippen molar-refractivity contribution in [2.75, 3.05) is 18.9 Å². The molecular weight excluding hydrogens is 220 g/mol. The van der Waals surface area contributed by atoms with Crippen LogP contribution in [0.4, 0.5) is 5.69 Å². The van der Waals surface area contributed by atoms with Gasteiger partial charge < -0.3 is 16.2 Å². The smallest absolute Gasteiger partial charge is 0.274 e. The Kier molecular flexibility index (Phi) is 3.63. The number of aliphatic hydroxyl groups excluding tert-OH is 1. The first kappa shape index (κ1) is 11.9. The molecule has 4 N–H and O–H groups in total. The molecule has 0 atom stereocenters. The van der Waals surface area contributed by atoms with E-state index < -0.39 is 0 Å². The van der Waals surface area contributed by atoms with Crippen molar-refractivity contribution in [3.05, 3.63) is 11.9 Å². The van der Waals surface area contributed by atoms with E-state index in [1.807, 2.05) is 0 Å². The Morgan fingerprint density at radius 1 is 1.59 bits per heavy atom.